The lowest BCUT2D eigenvalue weighted by atomic mass is 9.32. The van der Waals surface area contributed by atoms with E-state index in [4.69, 9.17) is 18.3 Å². The zero-order valence-corrected chi connectivity index (χ0v) is 33.6. The van der Waals surface area contributed by atoms with Gasteiger partial charge in [0.2, 0.25) is 0 Å². The van der Waals surface area contributed by atoms with Crippen LogP contribution >= 0.6 is 7.82 Å². The maximum Gasteiger partial charge on any atom is 0.475 e. The Labute approximate surface area is 305 Å². The van der Waals surface area contributed by atoms with E-state index in [1.165, 1.54) is 0 Å². The second-order valence-corrected chi connectivity index (χ2v) is 20.4. The van der Waals surface area contributed by atoms with Gasteiger partial charge in [0, 0.05) is 5.41 Å². The van der Waals surface area contributed by atoms with Crippen molar-refractivity contribution in [3.05, 3.63) is 12.2 Å². The van der Waals surface area contributed by atoms with Gasteiger partial charge in [0.15, 0.2) is 0 Å². The Balaban J connectivity index is 1.40. The fourth-order valence-corrected chi connectivity index (χ4v) is 14.1. The van der Waals surface area contributed by atoms with Gasteiger partial charge in [0.05, 0.1) is 37.1 Å². The van der Waals surface area contributed by atoms with E-state index in [-0.39, 0.29) is 71.8 Å². The monoisotopic (exact) mass is 736 g/mol. The minimum Gasteiger partial charge on any atom is -0.481 e. The van der Waals surface area contributed by atoms with Crippen molar-refractivity contribution in [3.63, 3.8) is 0 Å². The summed E-state index contributed by atoms with van der Waals surface area (Å²) in [6.07, 6.45) is 8.06. The van der Waals surface area contributed by atoms with Gasteiger partial charge in [-0.3, -0.25) is 28.0 Å². The highest BCUT2D eigenvalue weighted by atomic mass is 31.2. The molecule has 10 atom stereocenters. The molecule has 0 spiro atoms. The topological polar surface area (TPSA) is 146 Å². The first-order valence-electron chi connectivity index (χ1n) is 19.5. The fraction of sp³-hybridized carbons (Fsp3) is 0.875. The number of esters is 1. The molecule has 5 saturated carbocycles. The molecule has 0 aromatic rings. The molecule has 5 aliphatic rings. The van der Waals surface area contributed by atoms with E-state index >= 15 is 0 Å². The molecule has 0 aromatic carbocycles. The lowest BCUT2D eigenvalue weighted by Gasteiger charge is -2.72. The molecule has 0 amide bonds. The number of ether oxygens (including phenoxy) is 1. The van der Waals surface area contributed by atoms with Crippen molar-refractivity contribution in [2.24, 2.45) is 62.1 Å². The average molecular weight is 737 g/mol. The molecular weight excluding hydrogens is 671 g/mol. The summed E-state index contributed by atoms with van der Waals surface area (Å²) in [4.78, 5) is 38.0. The number of fused-ring (bicyclic) bond motifs is 7. The standard InChI is InChI=1S/C40H65O10P/c1-11-47-51(46,48-12-2)49-24-25(3)26-15-20-40(34(44)45)22-21-38(9)27(32(26)40)13-14-29-37(8)18-17-30(50-31(41)23-35(4,5)33(42)43)36(6,7)28(37)16-19-39(29,38)10/h26-30,32H,3,11-24H2,1-2,4-10H3,(H,42,43)(H,44,45)/t26?,27?,28?,29?,30?,32?,37-,38+,39+,40?/m0/s1. The number of carbonyl (C=O) groups excluding carboxylic acids is 1. The van der Waals surface area contributed by atoms with Crippen LogP contribution in [0, 0.1) is 62.1 Å². The number of carbonyl (C=O) groups is 3. The normalized spacial score (nSPS) is 40.3. The van der Waals surface area contributed by atoms with Crippen LogP contribution in [0.25, 0.3) is 0 Å². The Morgan fingerprint density at radius 3 is 2.04 bits per heavy atom. The number of rotatable bonds is 13. The molecule has 0 aromatic heterocycles. The second kappa shape index (κ2) is 13.8. The number of phosphoric acid groups is 1. The Morgan fingerprint density at radius 1 is 0.804 bits per heavy atom. The molecule has 51 heavy (non-hydrogen) atoms. The van der Waals surface area contributed by atoms with Crippen LogP contribution in [0.2, 0.25) is 0 Å². The van der Waals surface area contributed by atoms with Crippen molar-refractivity contribution in [3.8, 4) is 0 Å². The quantitative estimate of drug-likeness (QED) is 0.107. The molecule has 2 N–H and O–H groups in total. The van der Waals surface area contributed by atoms with Crippen molar-refractivity contribution in [2.75, 3.05) is 19.8 Å². The van der Waals surface area contributed by atoms with Gasteiger partial charge in [-0.2, -0.15) is 0 Å². The first-order valence-corrected chi connectivity index (χ1v) is 20.9. The van der Waals surface area contributed by atoms with Crippen molar-refractivity contribution in [1.29, 1.82) is 0 Å². The SMILES string of the molecule is C=C(COP(=O)(OCC)OCC)C1CCC2(C(=O)O)CC[C@]3(C)C(CCC4[C@@]5(C)CCC(OC(=O)CC(C)(C)C(=O)O)C(C)(C)C5CC[C@]43C)C12. The first-order chi connectivity index (χ1) is 23.6. The van der Waals surface area contributed by atoms with Gasteiger partial charge in [-0.15, -0.1) is 0 Å². The third-order valence-corrected chi connectivity index (χ3v) is 17.3. The zero-order valence-electron chi connectivity index (χ0n) is 32.7. The van der Waals surface area contributed by atoms with Crippen LogP contribution in [0.1, 0.15) is 133 Å². The van der Waals surface area contributed by atoms with E-state index in [9.17, 15) is 29.2 Å². The predicted octanol–water partition coefficient (Wildman–Crippen LogP) is 9.32. The van der Waals surface area contributed by atoms with Crippen molar-refractivity contribution in [1.82, 2.24) is 0 Å². The lowest BCUT2D eigenvalue weighted by molar-refractivity contribution is -0.250. The summed E-state index contributed by atoms with van der Waals surface area (Å²) in [5.41, 5.74) is -1.59. The van der Waals surface area contributed by atoms with Gasteiger partial charge in [-0.25, -0.2) is 4.57 Å². The van der Waals surface area contributed by atoms with Crippen LogP contribution in [0.5, 0.6) is 0 Å². The number of hydrogen-bond acceptors (Lipinski definition) is 8. The molecule has 0 aliphatic heterocycles. The summed E-state index contributed by atoms with van der Waals surface area (Å²) in [6.45, 7) is 23.3. The van der Waals surface area contributed by atoms with Crippen LogP contribution in [0.15, 0.2) is 12.2 Å². The highest BCUT2D eigenvalue weighted by molar-refractivity contribution is 7.48. The molecule has 0 radical (unpaired) electrons. The Morgan fingerprint density at radius 2 is 1.45 bits per heavy atom. The number of hydrogen-bond donors (Lipinski definition) is 2. The summed E-state index contributed by atoms with van der Waals surface area (Å²) >= 11 is 0. The molecule has 7 unspecified atom stereocenters. The fourth-order valence-electron chi connectivity index (χ4n) is 12.9. The summed E-state index contributed by atoms with van der Waals surface area (Å²) in [5.74, 6) is -1.36. The number of phosphoric ester groups is 1. The molecular formula is C40H65O10P. The Hall–Kier alpha value is -1.74. The molecule has 10 nitrogen and oxygen atoms in total. The summed E-state index contributed by atoms with van der Waals surface area (Å²) in [7, 11) is -3.75. The van der Waals surface area contributed by atoms with Crippen LogP contribution in [0.4, 0.5) is 0 Å². The second-order valence-electron chi connectivity index (χ2n) is 18.7. The van der Waals surface area contributed by atoms with Gasteiger partial charge in [0.1, 0.15) is 6.10 Å². The maximum absolute atomic E-state index is 13.3. The molecule has 0 bridgehead atoms. The molecule has 11 heteroatoms. The third kappa shape index (κ3) is 6.48. The average Bonchev–Trinajstić information content (AvgIpc) is 3.43. The van der Waals surface area contributed by atoms with Crippen molar-refractivity contribution < 1.29 is 47.5 Å². The van der Waals surface area contributed by atoms with Gasteiger partial charge < -0.3 is 14.9 Å². The van der Waals surface area contributed by atoms with Gasteiger partial charge in [0.25, 0.3) is 0 Å². The van der Waals surface area contributed by atoms with Crippen LogP contribution in [-0.4, -0.2) is 54.0 Å². The van der Waals surface area contributed by atoms with E-state index in [1.807, 2.05) is 0 Å². The van der Waals surface area contributed by atoms with Crippen molar-refractivity contribution in [2.45, 2.75) is 139 Å². The predicted molar refractivity (Wildman–Crippen MR) is 194 cm³/mol. The van der Waals surface area contributed by atoms with Crippen LogP contribution < -0.4 is 0 Å². The minimum absolute atomic E-state index is 0.00580. The third-order valence-electron chi connectivity index (χ3n) is 15.7. The highest BCUT2D eigenvalue weighted by Crippen LogP contribution is 2.77. The molecule has 0 heterocycles. The molecule has 5 fully saturated rings. The first kappa shape index (κ1) is 40.4. The van der Waals surface area contributed by atoms with Crippen molar-refractivity contribution >= 4 is 25.7 Å². The smallest absolute Gasteiger partial charge is 0.475 e. The van der Waals surface area contributed by atoms with E-state index in [0.29, 0.717) is 24.7 Å². The number of carboxylic acid groups (broad SMARTS) is 2. The molecule has 5 rings (SSSR count). The zero-order chi connectivity index (χ0) is 38.0. The Kier molecular flexibility index (Phi) is 11.0. The maximum atomic E-state index is 13.3. The lowest BCUT2D eigenvalue weighted by Crippen LogP contribution is -2.67. The Bertz CT molecular complexity index is 1430. The molecule has 290 valence electrons. The largest absolute Gasteiger partial charge is 0.481 e. The van der Waals surface area contributed by atoms with Gasteiger partial charge in [-0.05, 0) is 143 Å². The van der Waals surface area contributed by atoms with E-state index < -0.39 is 36.6 Å². The summed E-state index contributed by atoms with van der Waals surface area (Å²) < 4.78 is 35.8. The van der Waals surface area contributed by atoms with E-state index in [0.717, 1.165) is 56.9 Å². The molecule has 5 aliphatic carbocycles. The van der Waals surface area contributed by atoms with Gasteiger partial charge in [-0.1, -0.05) is 41.2 Å². The van der Waals surface area contributed by atoms with E-state index in [1.54, 1.807) is 27.7 Å². The van der Waals surface area contributed by atoms with E-state index in [2.05, 4.69) is 41.2 Å². The minimum atomic E-state index is -3.75. The van der Waals surface area contributed by atoms with Gasteiger partial charge >= 0.3 is 25.7 Å². The van der Waals surface area contributed by atoms with Crippen LogP contribution in [0.3, 0.4) is 0 Å². The molecule has 0 saturated heterocycles. The summed E-state index contributed by atoms with van der Waals surface area (Å²) in [5, 5.41) is 20.5. The summed E-state index contributed by atoms with van der Waals surface area (Å²) in [6, 6.07) is 0. The number of aliphatic carboxylic acids is 2. The number of carboxylic acids is 2. The highest BCUT2D eigenvalue weighted by Gasteiger charge is 2.72. The van der Waals surface area contributed by atoms with Crippen LogP contribution in [-0.2, 0) is 37.3 Å².